The third-order valence-electron chi connectivity index (χ3n) is 4.91. The van der Waals surface area contributed by atoms with Crippen LogP contribution >= 0.6 is 34.8 Å². The van der Waals surface area contributed by atoms with Gasteiger partial charge in [0.05, 0.1) is 28.8 Å². The standard InChI is InChI=1S/C23H25Cl3N2O5/c1-23(2)32-9-8-31-18(12-28-22(30)20-16(25)10-15(24)11-17(20)26)19(33-23)13-27-21(29)14-6-4-3-5-7-14/h3-7,10-11,18-19H,8-9,12-13H2,1-2H3,(H,27,29)(H,28,30)/t18-,19+/m1/s1. The number of ether oxygens (including phenoxy) is 3. The summed E-state index contributed by atoms with van der Waals surface area (Å²) in [5.74, 6) is -1.63. The van der Waals surface area contributed by atoms with E-state index in [-0.39, 0.29) is 34.6 Å². The summed E-state index contributed by atoms with van der Waals surface area (Å²) < 4.78 is 17.7. The molecule has 0 spiro atoms. The highest BCUT2D eigenvalue weighted by Crippen LogP contribution is 2.29. The van der Waals surface area contributed by atoms with Crippen molar-refractivity contribution in [3.05, 3.63) is 68.7 Å². The van der Waals surface area contributed by atoms with E-state index in [1.165, 1.54) is 12.1 Å². The summed E-state index contributed by atoms with van der Waals surface area (Å²) in [6, 6.07) is 11.7. The van der Waals surface area contributed by atoms with Gasteiger partial charge >= 0.3 is 0 Å². The highest BCUT2D eigenvalue weighted by molar-refractivity contribution is 6.42. The monoisotopic (exact) mass is 514 g/mol. The van der Waals surface area contributed by atoms with E-state index in [2.05, 4.69) is 10.6 Å². The molecule has 1 aliphatic heterocycles. The second-order valence-corrected chi connectivity index (χ2v) is 9.10. The molecule has 0 radical (unpaired) electrons. The molecule has 2 amide bonds. The number of amides is 2. The normalized spacial score (nSPS) is 20.4. The van der Waals surface area contributed by atoms with Crippen molar-refractivity contribution in [1.82, 2.24) is 10.6 Å². The van der Waals surface area contributed by atoms with E-state index in [0.717, 1.165) is 0 Å². The minimum atomic E-state index is -0.906. The van der Waals surface area contributed by atoms with E-state index >= 15 is 0 Å². The van der Waals surface area contributed by atoms with Crippen molar-refractivity contribution in [3.63, 3.8) is 0 Å². The summed E-state index contributed by atoms with van der Waals surface area (Å²) in [5, 5.41) is 6.25. The maximum Gasteiger partial charge on any atom is 0.254 e. The predicted molar refractivity (Wildman–Crippen MR) is 127 cm³/mol. The van der Waals surface area contributed by atoms with E-state index in [4.69, 9.17) is 49.0 Å². The summed E-state index contributed by atoms with van der Waals surface area (Å²) >= 11 is 18.2. The molecule has 3 rings (SSSR count). The molecular weight excluding hydrogens is 491 g/mol. The second kappa shape index (κ2) is 11.5. The summed E-state index contributed by atoms with van der Waals surface area (Å²) in [4.78, 5) is 25.3. The quantitative estimate of drug-likeness (QED) is 0.598. The van der Waals surface area contributed by atoms with Crippen LogP contribution in [0.4, 0.5) is 0 Å². The number of halogens is 3. The van der Waals surface area contributed by atoms with Gasteiger partial charge in [0.2, 0.25) is 0 Å². The van der Waals surface area contributed by atoms with Gasteiger partial charge in [0, 0.05) is 23.7 Å². The molecule has 1 heterocycles. The van der Waals surface area contributed by atoms with E-state index in [9.17, 15) is 9.59 Å². The minimum Gasteiger partial charge on any atom is -0.371 e. The summed E-state index contributed by atoms with van der Waals surface area (Å²) in [7, 11) is 0. The van der Waals surface area contributed by atoms with Crippen LogP contribution in [0.15, 0.2) is 42.5 Å². The third kappa shape index (κ3) is 7.30. The molecule has 7 nitrogen and oxygen atoms in total. The molecule has 0 unspecified atom stereocenters. The molecule has 178 valence electrons. The Bertz CT molecular complexity index is 964. The van der Waals surface area contributed by atoms with E-state index in [1.807, 2.05) is 6.07 Å². The number of hydrogen-bond donors (Lipinski definition) is 2. The molecule has 2 atom stereocenters. The fraction of sp³-hybridized carbons (Fsp3) is 0.391. The first-order chi connectivity index (χ1) is 15.7. The van der Waals surface area contributed by atoms with E-state index in [0.29, 0.717) is 23.8 Å². The van der Waals surface area contributed by atoms with Crippen LogP contribution in [-0.4, -0.2) is 56.1 Å². The average Bonchev–Trinajstić information content (AvgIpc) is 2.74. The Kier molecular flexibility index (Phi) is 8.98. The molecule has 1 saturated heterocycles. The van der Waals surface area contributed by atoms with Gasteiger partial charge in [0.25, 0.3) is 11.8 Å². The molecule has 2 aromatic rings. The Balaban J connectivity index is 1.71. The van der Waals surface area contributed by atoms with Gasteiger partial charge in [0.1, 0.15) is 12.2 Å². The van der Waals surface area contributed by atoms with Crippen molar-refractivity contribution < 1.29 is 23.8 Å². The first kappa shape index (κ1) is 25.7. The second-order valence-electron chi connectivity index (χ2n) is 7.84. The molecule has 10 heteroatoms. The Morgan fingerprint density at radius 3 is 2.21 bits per heavy atom. The summed E-state index contributed by atoms with van der Waals surface area (Å²) in [6.45, 7) is 4.41. The van der Waals surface area contributed by atoms with Crippen LogP contribution in [0, 0.1) is 0 Å². The Morgan fingerprint density at radius 1 is 0.939 bits per heavy atom. The molecule has 1 fully saturated rings. The molecule has 0 saturated carbocycles. The number of rotatable bonds is 6. The lowest BCUT2D eigenvalue weighted by Gasteiger charge is -2.37. The number of nitrogens with one attached hydrogen (secondary N) is 2. The van der Waals surface area contributed by atoms with E-state index < -0.39 is 23.9 Å². The summed E-state index contributed by atoms with van der Waals surface area (Å²) in [5.41, 5.74) is 0.642. The van der Waals surface area contributed by atoms with Crippen molar-refractivity contribution in [2.45, 2.75) is 31.8 Å². The maximum absolute atomic E-state index is 12.8. The Hall–Kier alpha value is -1.87. The number of hydrogen-bond acceptors (Lipinski definition) is 5. The first-order valence-electron chi connectivity index (χ1n) is 10.4. The molecule has 0 aromatic heterocycles. The Labute approximate surface area is 207 Å². The topological polar surface area (TPSA) is 85.9 Å². The fourth-order valence-electron chi connectivity index (χ4n) is 3.36. The third-order valence-corrected chi connectivity index (χ3v) is 5.73. The molecule has 0 bridgehead atoms. The zero-order chi connectivity index (χ0) is 24.0. The van der Waals surface area contributed by atoms with Gasteiger partial charge in [-0.25, -0.2) is 0 Å². The van der Waals surface area contributed by atoms with Gasteiger partial charge in [0.15, 0.2) is 5.79 Å². The van der Waals surface area contributed by atoms with Crippen LogP contribution in [0.2, 0.25) is 15.1 Å². The van der Waals surface area contributed by atoms with Gasteiger partial charge in [-0.05, 0) is 38.1 Å². The largest absolute Gasteiger partial charge is 0.371 e. The predicted octanol–water partition coefficient (Wildman–Crippen LogP) is 4.34. The van der Waals surface area contributed by atoms with Gasteiger partial charge in [-0.1, -0.05) is 53.0 Å². The van der Waals surface area contributed by atoms with Crippen LogP contribution < -0.4 is 10.6 Å². The minimum absolute atomic E-state index is 0.0933. The van der Waals surface area contributed by atoms with Crippen molar-refractivity contribution in [2.24, 2.45) is 0 Å². The van der Waals surface area contributed by atoms with Gasteiger partial charge in [-0.15, -0.1) is 0 Å². The highest BCUT2D eigenvalue weighted by Gasteiger charge is 2.34. The zero-order valence-corrected chi connectivity index (χ0v) is 20.5. The molecule has 1 aliphatic rings. The zero-order valence-electron chi connectivity index (χ0n) is 18.2. The number of benzene rings is 2. The lowest BCUT2D eigenvalue weighted by molar-refractivity contribution is -0.277. The number of carbonyl (C=O) groups is 2. The molecular formula is C23H25Cl3N2O5. The van der Waals surface area contributed by atoms with Crippen molar-refractivity contribution in [3.8, 4) is 0 Å². The van der Waals surface area contributed by atoms with Crippen LogP contribution in [0.25, 0.3) is 0 Å². The Morgan fingerprint density at radius 2 is 1.55 bits per heavy atom. The van der Waals surface area contributed by atoms with Crippen LogP contribution in [-0.2, 0) is 14.2 Å². The number of carbonyl (C=O) groups excluding carboxylic acids is 2. The molecule has 0 aliphatic carbocycles. The van der Waals surface area contributed by atoms with Crippen molar-refractivity contribution in [1.29, 1.82) is 0 Å². The van der Waals surface area contributed by atoms with Gasteiger partial charge in [-0.2, -0.15) is 0 Å². The van der Waals surface area contributed by atoms with Crippen LogP contribution in [0.3, 0.4) is 0 Å². The van der Waals surface area contributed by atoms with Gasteiger partial charge < -0.3 is 24.8 Å². The SMILES string of the molecule is CC1(C)OCCO[C@H](CNC(=O)c2c(Cl)cc(Cl)cc2Cl)[C@H](CNC(=O)c2ccccc2)O1. The first-order valence-corrected chi connectivity index (χ1v) is 11.5. The molecule has 2 N–H and O–H groups in total. The van der Waals surface area contributed by atoms with Crippen molar-refractivity contribution in [2.75, 3.05) is 26.3 Å². The van der Waals surface area contributed by atoms with Gasteiger partial charge in [-0.3, -0.25) is 9.59 Å². The highest BCUT2D eigenvalue weighted by atomic mass is 35.5. The lowest BCUT2D eigenvalue weighted by Crippen LogP contribution is -2.52. The fourth-order valence-corrected chi connectivity index (χ4v) is 4.35. The van der Waals surface area contributed by atoms with E-state index in [1.54, 1.807) is 38.1 Å². The molecule has 2 aromatic carbocycles. The maximum atomic E-state index is 12.8. The molecule has 33 heavy (non-hydrogen) atoms. The van der Waals surface area contributed by atoms with Crippen molar-refractivity contribution >= 4 is 46.6 Å². The van der Waals surface area contributed by atoms with Crippen LogP contribution in [0.5, 0.6) is 0 Å². The van der Waals surface area contributed by atoms with Crippen LogP contribution in [0.1, 0.15) is 34.6 Å². The lowest BCUT2D eigenvalue weighted by atomic mass is 10.1. The smallest absolute Gasteiger partial charge is 0.254 e. The average molecular weight is 516 g/mol. The summed E-state index contributed by atoms with van der Waals surface area (Å²) in [6.07, 6.45) is -1.18.